The zero-order chi connectivity index (χ0) is 14.5. The average Bonchev–Trinajstić information content (AvgIpc) is 2.93. The molecule has 0 spiro atoms. The molecular weight excluding hydrogens is 274 g/mol. The molecule has 4 nitrogen and oxygen atoms in total. The topological polar surface area (TPSA) is 57.6 Å². The van der Waals surface area contributed by atoms with Crippen molar-refractivity contribution in [2.75, 3.05) is 6.54 Å². The Kier molecular flexibility index (Phi) is 5.17. The molecule has 1 aromatic heterocycles. The maximum absolute atomic E-state index is 12.6. The van der Waals surface area contributed by atoms with Crippen LogP contribution in [0.25, 0.3) is 0 Å². The lowest BCUT2D eigenvalue weighted by atomic mass is 9.97. The van der Waals surface area contributed by atoms with E-state index >= 15 is 0 Å². The highest BCUT2D eigenvalue weighted by atomic mass is 32.1. The summed E-state index contributed by atoms with van der Waals surface area (Å²) in [5.41, 5.74) is 0. The van der Waals surface area contributed by atoms with Gasteiger partial charge in [-0.2, -0.15) is 0 Å². The van der Waals surface area contributed by atoms with Gasteiger partial charge in [-0.25, -0.2) is 0 Å². The molecule has 1 aromatic rings. The zero-order valence-electron chi connectivity index (χ0n) is 11.8. The number of aryl methyl sites for hydroxylation is 1. The smallest absolute Gasteiger partial charge is 0.303 e. The molecule has 0 aliphatic carbocycles. The third kappa shape index (κ3) is 3.60. The second-order valence-electron chi connectivity index (χ2n) is 5.20. The minimum atomic E-state index is -0.785. The minimum Gasteiger partial charge on any atom is -0.481 e. The number of rotatable bonds is 5. The lowest BCUT2D eigenvalue weighted by Gasteiger charge is -2.35. The van der Waals surface area contributed by atoms with E-state index in [4.69, 9.17) is 5.11 Å². The summed E-state index contributed by atoms with van der Waals surface area (Å²) < 4.78 is 0. The summed E-state index contributed by atoms with van der Waals surface area (Å²) >= 11 is 1.55. The van der Waals surface area contributed by atoms with Gasteiger partial charge in [0.05, 0.1) is 4.88 Å². The van der Waals surface area contributed by atoms with E-state index in [1.165, 1.54) is 4.88 Å². The lowest BCUT2D eigenvalue weighted by Crippen LogP contribution is -2.43. The number of carboxylic acid groups (broad SMARTS) is 1. The highest BCUT2D eigenvalue weighted by molar-refractivity contribution is 7.14. The number of carboxylic acids is 1. The molecule has 20 heavy (non-hydrogen) atoms. The van der Waals surface area contributed by atoms with Gasteiger partial charge in [0, 0.05) is 23.9 Å². The van der Waals surface area contributed by atoms with Crippen molar-refractivity contribution in [1.82, 2.24) is 4.90 Å². The third-order valence-corrected chi connectivity index (χ3v) is 5.02. The van der Waals surface area contributed by atoms with Crippen molar-refractivity contribution >= 4 is 23.2 Å². The van der Waals surface area contributed by atoms with E-state index < -0.39 is 5.97 Å². The van der Waals surface area contributed by atoms with Crippen molar-refractivity contribution in [1.29, 1.82) is 0 Å². The quantitative estimate of drug-likeness (QED) is 0.907. The molecule has 2 heterocycles. The van der Waals surface area contributed by atoms with Crippen LogP contribution in [0.1, 0.15) is 53.6 Å². The summed E-state index contributed by atoms with van der Waals surface area (Å²) in [6.45, 7) is 2.83. The van der Waals surface area contributed by atoms with Crippen LogP contribution >= 0.6 is 11.3 Å². The normalized spacial score (nSPS) is 19.1. The van der Waals surface area contributed by atoms with E-state index in [0.717, 1.165) is 37.1 Å². The van der Waals surface area contributed by atoms with Crippen LogP contribution in [0.5, 0.6) is 0 Å². The van der Waals surface area contributed by atoms with Gasteiger partial charge in [-0.05, 0) is 44.2 Å². The van der Waals surface area contributed by atoms with Crippen LogP contribution in [0.15, 0.2) is 12.1 Å². The summed E-state index contributed by atoms with van der Waals surface area (Å²) in [6.07, 6.45) is 4.66. The van der Waals surface area contributed by atoms with E-state index in [-0.39, 0.29) is 18.4 Å². The van der Waals surface area contributed by atoms with E-state index in [1.54, 1.807) is 11.3 Å². The molecule has 0 aromatic carbocycles. The van der Waals surface area contributed by atoms with Crippen molar-refractivity contribution < 1.29 is 14.7 Å². The fourth-order valence-corrected chi connectivity index (χ4v) is 3.59. The Balaban J connectivity index is 2.06. The van der Waals surface area contributed by atoms with Crippen molar-refractivity contribution in [3.63, 3.8) is 0 Å². The Labute approximate surface area is 123 Å². The number of piperidine rings is 1. The van der Waals surface area contributed by atoms with E-state index in [0.29, 0.717) is 6.42 Å². The Morgan fingerprint density at radius 3 is 2.85 bits per heavy atom. The molecule has 1 aliphatic heterocycles. The van der Waals surface area contributed by atoms with Crippen LogP contribution in [-0.4, -0.2) is 34.5 Å². The molecule has 1 fully saturated rings. The average molecular weight is 295 g/mol. The Hall–Kier alpha value is -1.36. The van der Waals surface area contributed by atoms with Crippen LogP contribution in [-0.2, 0) is 11.2 Å². The number of likely N-dealkylation sites (tertiary alicyclic amines) is 1. The summed E-state index contributed by atoms with van der Waals surface area (Å²) in [5.74, 6) is -0.711. The first-order valence-corrected chi connectivity index (χ1v) is 8.05. The number of thiophene rings is 1. The largest absolute Gasteiger partial charge is 0.481 e. The van der Waals surface area contributed by atoms with Gasteiger partial charge < -0.3 is 10.0 Å². The molecule has 0 saturated carbocycles. The Morgan fingerprint density at radius 1 is 1.40 bits per heavy atom. The standard InChI is InChI=1S/C15H21NO3S/c1-2-12-7-8-13(20-12)15(19)16-10-4-3-5-11(16)6-9-14(17)18/h7-8,11H,2-6,9-10H2,1H3,(H,17,18). The van der Waals surface area contributed by atoms with Gasteiger partial charge in [0.1, 0.15) is 0 Å². The first-order valence-electron chi connectivity index (χ1n) is 7.23. The van der Waals surface area contributed by atoms with Gasteiger partial charge in [0.15, 0.2) is 0 Å². The van der Waals surface area contributed by atoms with Gasteiger partial charge in [-0.3, -0.25) is 9.59 Å². The predicted molar refractivity (Wildman–Crippen MR) is 79.2 cm³/mol. The number of hydrogen-bond donors (Lipinski definition) is 1. The maximum Gasteiger partial charge on any atom is 0.303 e. The van der Waals surface area contributed by atoms with Gasteiger partial charge in [0.25, 0.3) is 5.91 Å². The molecule has 1 aliphatic rings. The van der Waals surface area contributed by atoms with Crippen LogP contribution in [0.4, 0.5) is 0 Å². The molecule has 5 heteroatoms. The molecule has 0 radical (unpaired) electrons. The molecule has 1 amide bonds. The number of carbonyl (C=O) groups excluding carboxylic acids is 1. The highest BCUT2D eigenvalue weighted by Crippen LogP contribution is 2.26. The van der Waals surface area contributed by atoms with Crippen LogP contribution in [0.2, 0.25) is 0 Å². The highest BCUT2D eigenvalue weighted by Gasteiger charge is 2.28. The molecule has 0 bridgehead atoms. The molecule has 1 unspecified atom stereocenters. The number of amides is 1. The van der Waals surface area contributed by atoms with Crippen molar-refractivity contribution in [3.05, 3.63) is 21.9 Å². The SMILES string of the molecule is CCc1ccc(C(=O)N2CCCCC2CCC(=O)O)s1. The Morgan fingerprint density at radius 2 is 2.20 bits per heavy atom. The number of aliphatic carboxylic acids is 1. The second kappa shape index (κ2) is 6.88. The molecule has 1 N–H and O–H groups in total. The van der Waals surface area contributed by atoms with Crippen LogP contribution < -0.4 is 0 Å². The number of carbonyl (C=O) groups is 2. The Bertz CT molecular complexity index is 483. The number of nitrogens with zero attached hydrogens (tertiary/aromatic N) is 1. The summed E-state index contributed by atoms with van der Waals surface area (Å²) in [4.78, 5) is 27.2. The fourth-order valence-electron chi connectivity index (χ4n) is 2.68. The van der Waals surface area contributed by atoms with E-state index in [1.807, 2.05) is 17.0 Å². The minimum absolute atomic E-state index is 0.0739. The zero-order valence-corrected chi connectivity index (χ0v) is 12.6. The maximum atomic E-state index is 12.6. The second-order valence-corrected chi connectivity index (χ2v) is 6.37. The number of hydrogen-bond acceptors (Lipinski definition) is 3. The predicted octanol–water partition coefficient (Wildman–Crippen LogP) is 3.17. The molecule has 1 atom stereocenters. The monoisotopic (exact) mass is 295 g/mol. The molecular formula is C15H21NO3S. The first kappa shape index (κ1) is 15.0. The van der Waals surface area contributed by atoms with Crippen LogP contribution in [0, 0.1) is 0 Å². The molecule has 1 saturated heterocycles. The fraction of sp³-hybridized carbons (Fsp3) is 0.600. The van der Waals surface area contributed by atoms with Gasteiger partial charge in [-0.1, -0.05) is 6.92 Å². The van der Waals surface area contributed by atoms with E-state index in [2.05, 4.69) is 6.92 Å². The summed E-state index contributed by atoms with van der Waals surface area (Å²) in [5, 5.41) is 8.82. The summed E-state index contributed by atoms with van der Waals surface area (Å²) in [6, 6.07) is 3.99. The van der Waals surface area contributed by atoms with Gasteiger partial charge in [0.2, 0.25) is 0 Å². The van der Waals surface area contributed by atoms with Crippen molar-refractivity contribution in [2.45, 2.75) is 51.5 Å². The van der Waals surface area contributed by atoms with E-state index in [9.17, 15) is 9.59 Å². The molecule has 110 valence electrons. The summed E-state index contributed by atoms with van der Waals surface area (Å²) in [7, 11) is 0. The molecule has 2 rings (SSSR count). The van der Waals surface area contributed by atoms with Gasteiger partial charge >= 0.3 is 5.97 Å². The third-order valence-electron chi connectivity index (χ3n) is 3.80. The van der Waals surface area contributed by atoms with Gasteiger partial charge in [-0.15, -0.1) is 11.3 Å². The van der Waals surface area contributed by atoms with Crippen LogP contribution in [0.3, 0.4) is 0 Å². The first-order chi connectivity index (χ1) is 9.61. The van der Waals surface area contributed by atoms with Crippen molar-refractivity contribution in [3.8, 4) is 0 Å². The lowest BCUT2D eigenvalue weighted by molar-refractivity contribution is -0.137. The van der Waals surface area contributed by atoms with Crippen molar-refractivity contribution in [2.24, 2.45) is 0 Å².